The molecule has 5 atom stereocenters. The summed E-state index contributed by atoms with van der Waals surface area (Å²) >= 11 is 0. The largest absolute Gasteiger partial charge is 0.479 e. The number of carbonyl (C=O) groups is 1. The molecule has 0 unspecified atom stereocenters. The highest BCUT2D eigenvalue weighted by molar-refractivity contribution is 5.73. The molecule has 27 heavy (non-hydrogen) atoms. The van der Waals surface area contributed by atoms with Gasteiger partial charge >= 0.3 is 5.97 Å². The minimum atomic E-state index is -1.81. The number of aliphatic hydroxyl groups excluding tert-OH is 3. The number of nitrogens with zero attached hydrogens (tertiary/aromatic N) is 1. The summed E-state index contributed by atoms with van der Waals surface area (Å²) in [5, 5.41) is 39.0. The van der Waals surface area contributed by atoms with E-state index in [-0.39, 0.29) is 5.92 Å². The third kappa shape index (κ3) is 4.01. The Morgan fingerprint density at radius 3 is 2.41 bits per heavy atom. The van der Waals surface area contributed by atoms with Crippen LogP contribution < -0.4 is 10.4 Å². The molecule has 0 radical (unpaired) electrons. The second kappa shape index (κ2) is 7.97. The Hall–Kier alpha value is -1.94. The molecule has 0 amide bonds. The van der Waals surface area contributed by atoms with Crippen molar-refractivity contribution < 1.29 is 34.8 Å². The van der Waals surface area contributed by atoms with E-state index < -0.39 is 42.2 Å². The van der Waals surface area contributed by atoms with Crippen LogP contribution >= 0.6 is 0 Å². The predicted octanol–water partition coefficient (Wildman–Crippen LogP) is -0.475. The van der Waals surface area contributed by atoms with Gasteiger partial charge in [0, 0.05) is 12.0 Å². The standard InChI is InChI=1S/C18H25NO8/c1-9-7-11(10-5-3-2-4-6-10)19(12(20)8-9)27-18-15(23)13(21)14(22)16(26-18)17(24)25/h7-8,10,13-16,18,21-23H,2-6H2,1H3,(H,24,25)/t13-,14+,15-,16-,18+/m0/s1. The smallest absolute Gasteiger partial charge is 0.335 e. The SMILES string of the molecule is Cc1cc(C2CCCCC2)n(O[C@H]2O[C@H](C(=O)O)[C@H](O)[C@H](O)[C@@H]2O)c(=O)c1. The number of aliphatic hydroxyl groups is 3. The van der Waals surface area contributed by atoms with Gasteiger partial charge in [-0.25, -0.2) is 4.79 Å². The number of pyridine rings is 1. The third-order valence-electron chi connectivity index (χ3n) is 5.21. The third-order valence-corrected chi connectivity index (χ3v) is 5.21. The molecule has 1 aliphatic heterocycles. The monoisotopic (exact) mass is 383 g/mol. The van der Waals surface area contributed by atoms with E-state index in [4.69, 9.17) is 14.7 Å². The number of rotatable bonds is 4. The summed E-state index contributed by atoms with van der Waals surface area (Å²) in [5.74, 6) is -1.41. The van der Waals surface area contributed by atoms with E-state index in [1.807, 2.05) is 6.07 Å². The molecule has 0 aromatic carbocycles. The summed E-state index contributed by atoms with van der Waals surface area (Å²) in [4.78, 5) is 29.3. The summed E-state index contributed by atoms with van der Waals surface area (Å²) in [5.41, 5.74) is 0.922. The van der Waals surface area contributed by atoms with Crippen molar-refractivity contribution in [1.29, 1.82) is 0 Å². The topological polar surface area (TPSA) is 138 Å². The molecular formula is C18H25NO8. The van der Waals surface area contributed by atoms with Crippen molar-refractivity contribution in [3.8, 4) is 0 Å². The molecule has 1 saturated carbocycles. The quantitative estimate of drug-likeness (QED) is 0.547. The van der Waals surface area contributed by atoms with E-state index in [9.17, 15) is 24.9 Å². The van der Waals surface area contributed by atoms with E-state index in [1.165, 1.54) is 6.07 Å². The number of carboxylic acids is 1. The van der Waals surface area contributed by atoms with Gasteiger partial charge in [0.15, 0.2) is 6.10 Å². The van der Waals surface area contributed by atoms with Gasteiger partial charge in [-0.2, -0.15) is 0 Å². The Morgan fingerprint density at radius 2 is 1.78 bits per heavy atom. The Morgan fingerprint density at radius 1 is 1.11 bits per heavy atom. The lowest BCUT2D eigenvalue weighted by Crippen LogP contribution is -2.62. The first-order chi connectivity index (χ1) is 12.8. The molecule has 2 heterocycles. The molecule has 1 aromatic rings. The van der Waals surface area contributed by atoms with Crippen LogP contribution in [0.2, 0.25) is 0 Å². The van der Waals surface area contributed by atoms with Gasteiger partial charge in [0.05, 0.1) is 5.69 Å². The van der Waals surface area contributed by atoms with Gasteiger partial charge in [0.25, 0.3) is 11.8 Å². The van der Waals surface area contributed by atoms with Crippen LogP contribution in [-0.2, 0) is 9.53 Å². The molecule has 9 nitrogen and oxygen atoms in total. The lowest BCUT2D eigenvalue weighted by molar-refractivity contribution is -0.295. The maximum absolute atomic E-state index is 12.5. The average molecular weight is 383 g/mol. The zero-order valence-corrected chi connectivity index (χ0v) is 15.0. The summed E-state index contributed by atoms with van der Waals surface area (Å²) in [6, 6.07) is 3.19. The number of ether oxygens (including phenoxy) is 1. The molecule has 1 aromatic heterocycles. The van der Waals surface area contributed by atoms with Gasteiger partial charge in [-0.05, 0) is 31.4 Å². The van der Waals surface area contributed by atoms with Crippen molar-refractivity contribution in [3.63, 3.8) is 0 Å². The molecule has 2 fully saturated rings. The maximum atomic E-state index is 12.5. The van der Waals surface area contributed by atoms with E-state index in [1.54, 1.807) is 6.92 Å². The number of carboxylic acid groups (broad SMARTS) is 1. The van der Waals surface area contributed by atoms with E-state index in [0.717, 1.165) is 42.4 Å². The van der Waals surface area contributed by atoms with Crippen LogP contribution in [0.15, 0.2) is 16.9 Å². The van der Waals surface area contributed by atoms with Crippen molar-refractivity contribution in [2.75, 3.05) is 0 Å². The van der Waals surface area contributed by atoms with Gasteiger partial charge in [0.1, 0.15) is 18.3 Å². The Labute approximate surface area is 155 Å². The van der Waals surface area contributed by atoms with Crippen molar-refractivity contribution in [1.82, 2.24) is 4.73 Å². The van der Waals surface area contributed by atoms with Gasteiger partial charge in [-0.3, -0.25) is 4.79 Å². The second-order valence-corrected chi connectivity index (χ2v) is 7.27. The van der Waals surface area contributed by atoms with E-state index >= 15 is 0 Å². The molecule has 1 aliphatic carbocycles. The first kappa shape index (κ1) is 19.8. The number of hydrogen-bond acceptors (Lipinski definition) is 7. The average Bonchev–Trinajstić information content (AvgIpc) is 2.64. The molecule has 150 valence electrons. The van der Waals surface area contributed by atoms with Gasteiger partial charge in [0.2, 0.25) is 0 Å². The minimum absolute atomic E-state index is 0.0952. The molecule has 0 bridgehead atoms. The number of aryl methyl sites for hydroxylation is 1. The zero-order valence-electron chi connectivity index (χ0n) is 15.0. The van der Waals surface area contributed by atoms with Crippen LogP contribution in [0.1, 0.15) is 49.3 Å². The summed E-state index contributed by atoms with van der Waals surface area (Å²) < 4.78 is 6.15. The first-order valence-electron chi connectivity index (χ1n) is 9.13. The van der Waals surface area contributed by atoms with Gasteiger partial charge < -0.3 is 30.0 Å². The molecule has 3 rings (SSSR count). The summed E-state index contributed by atoms with van der Waals surface area (Å²) in [6.45, 7) is 1.80. The van der Waals surface area contributed by atoms with Crippen LogP contribution in [0.4, 0.5) is 0 Å². The number of aliphatic carboxylic acids is 1. The van der Waals surface area contributed by atoms with Gasteiger partial charge in [-0.1, -0.05) is 19.3 Å². The fraction of sp³-hybridized carbons (Fsp3) is 0.667. The Balaban J connectivity index is 1.92. The lowest BCUT2D eigenvalue weighted by Gasteiger charge is -2.38. The van der Waals surface area contributed by atoms with Crippen LogP contribution in [0.25, 0.3) is 0 Å². The highest BCUT2D eigenvalue weighted by atomic mass is 16.8. The fourth-order valence-electron chi connectivity index (χ4n) is 3.75. The van der Waals surface area contributed by atoms with E-state index in [0.29, 0.717) is 5.69 Å². The molecular weight excluding hydrogens is 358 g/mol. The van der Waals surface area contributed by atoms with Crippen molar-refractivity contribution >= 4 is 5.97 Å². The molecule has 4 N–H and O–H groups in total. The van der Waals surface area contributed by atoms with Gasteiger partial charge in [-0.15, -0.1) is 4.73 Å². The van der Waals surface area contributed by atoms with Crippen LogP contribution in [0.5, 0.6) is 0 Å². The zero-order chi connectivity index (χ0) is 19.7. The normalized spacial score (nSPS) is 32.2. The van der Waals surface area contributed by atoms with Crippen LogP contribution in [0.3, 0.4) is 0 Å². The highest BCUT2D eigenvalue weighted by Gasteiger charge is 2.48. The van der Waals surface area contributed by atoms with Crippen molar-refractivity contribution in [2.24, 2.45) is 0 Å². The highest BCUT2D eigenvalue weighted by Crippen LogP contribution is 2.32. The number of hydrogen-bond donors (Lipinski definition) is 4. The maximum Gasteiger partial charge on any atom is 0.335 e. The molecule has 1 saturated heterocycles. The van der Waals surface area contributed by atoms with Crippen LogP contribution in [-0.4, -0.2) is 61.8 Å². The van der Waals surface area contributed by atoms with Crippen molar-refractivity contribution in [3.05, 3.63) is 33.7 Å². The fourth-order valence-corrected chi connectivity index (χ4v) is 3.75. The molecule has 9 heteroatoms. The predicted molar refractivity (Wildman–Crippen MR) is 92.2 cm³/mol. The molecule has 2 aliphatic rings. The minimum Gasteiger partial charge on any atom is -0.479 e. The molecule has 0 spiro atoms. The summed E-state index contributed by atoms with van der Waals surface area (Å²) in [7, 11) is 0. The summed E-state index contributed by atoms with van der Waals surface area (Å²) in [6.07, 6.45) is -3.76. The number of aromatic nitrogens is 1. The van der Waals surface area contributed by atoms with E-state index in [2.05, 4.69) is 0 Å². The Bertz CT molecular complexity index is 741. The second-order valence-electron chi connectivity index (χ2n) is 7.27. The first-order valence-corrected chi connectivity index (χ1v) is 9.13. The lowest BCUT2D eigenvalue weighted by atomic mass is 9.86. The Kier molecular flexibility index (Phi) is 5.85. The van der Waals surface area contributed by atoms with Crippen LogP contribution in [0, 0.1) is 6.92 Å². The van der Waals surface area contributed by atoms with Crippen molar-refractivity contribution in [2.45, 2.75) is 75.7 Å².